The van der Waals surface area contributed by atoms with Crippen LogP contribution >= 0.6 is 0 Å². The minimum Gasteiger partial charge on any atom is -0.400 e. The molecule has 3 fully saturated rings. The lowest BCUT2D eigenvalue weighted by Gasteiger charge is -2.37. The normalized spacial score (nSPS) is 32.2. The quantitative estimate of drug-likeness (QED) is 0.685. The molecule has 2 bridgehead atoms. The number of ether oxygens (including phenoxy) is 2. The van der Waals surface area contributed by atoms with E-state index in [1.54, 1.807) is 6.92 Å². The van der Waals surface area contributed by atoms with Crippen LogP contribution in [0.15, 0.2) is 15.8 Å². The molecule has 8 heteroatoms. The van der Waals surface area contributed by atoms with Gasteiger partial charge in [-0.15, -0.1) is 0 Å². The first kappa shape index (κ1) is 17.9. The minimum absolute atomic E-state index is 0. The van der Waals surface area contributed by atoms with Crippen LogP contribution in [0.25, 0.3) is 0 Å². The van der Waals surface area contributed by atoms with Gasteiger partial charge < -0.3 is 19.7 Å². The lowest BCUT2D eigenvalue weighted by Crippen LogP contribution is -2.50. The predicted molar refractivity (Wildman–Crippen MR) is 82.3 cm³/mol. The Morgan fingerprint density at radius 3 is 2.57 bits per heavy atom. The number of aliphatic hydroxyl groups excluding tert-OH is 2. The Labute approximate surface area is 133 Å². The van der Waals surface area contributed by atoms with E-state index in [0.717, 1.165) is 20.0 Å². The molecular weight excluding hydrogens is 304 g/mol. The molecule has 23 heavy (non-hydrogen) atoms. The van der Waals surface area contributed by atoms with Crippen LogP contribution in [0.4, 0.5) is 0 Å². The molecule has 2 aliphatic heterocycles. The van der Waals surface area contributed by atoms with E-state index in [9.17, 15) is 14.7 Å². The van der Waals surface area contributed by atoms with Gasteiger partial charge in [-0.3, -0.25) is 14.3 Å². The number of fused-ring (bicyclic) bond motifs is 3. The number of nitrogens with one attached hydrogen (secondary N) is 1. The Balaban J connectivity index is 0.000000617. The van der Waals surface area contributed by atoms with E-state index in [0.29, 0.717) is 12.0 Å². The Hall–Kier alpha value is -1.48. The minimum atomic E-state index is -0.703. The number of aromatic nitrogens is 2. The van der Waals surface area contributed by atoms with E-state index < -0.39 is 23.1 Å². The third kappa shape index (κ3) is 2.37. The summed E-state index contributed by atoms with van der Waals surface area (Å²) in [6, 6.07) is 0. The molecule has 1 aromatic heterocycles. The molecule has 1 unspecified atom stereocenters. The molecule has 8 nitrogen and oxygen atoms in total. The zero-order valence-electron chi connectivity index (χ0n) is 12.5. The van der Waals surface area contributed by atoms with Crippen molar-refractivity contribution in [1.82, 2.24) is 9.55 Å². The van der Waals surface area contributed by atoms with Crippen molar-refractivity contribution in [1.29, 1.82) is 0 Å². The van der Waals surface area contributed by atoms with Crippen molar-refractivity contribution in [2.75, 3.05) is 13.7 Å². The van der Waals surface area contributed by atoms with Crippen LogP contribution in [0.3, 0.4) is 0 Å². The van der Waals surface area contributed by atoms with Crippen molar-refractivity contribution in [3.05, 3.63) is 32.6 Å². The van der Waals surface area contributed by atoms with E-state index in [1.807, 2.05) is 0 Å². The molecule has 1 saturated carbocycles. The number of aliphatic hydroxyl groups is 2. The molecule has 4 rings (SSSR count). The number of aromatic amines is 1. The molecular formula is C15H24N2O6. The number of H-pyrrole nitrogens is 1. The average molecular weight is 328 g/mol. The highest BCUT2D eigenvalue weighted by molar-refractivity contribution is 5.21. The zero-order valence-corrected chi connectivity index (χ0v) is 12.5. The van der Waals surface area contributed by atoms with Gasteiger partial charge in [0.2, 0.25) is 0 Å². The number of nitrogens with zero attached hydrogens (tertiary/aromatic N) is 1. The highest BCUT2D eigenvalue weighted by atomic mass is 16.7. The van der Waals surface area contributed by atoms with Crippen LogP contribution in [-0.4, -0.2) is 50.8 Å². The molecule has 1 spiro atoms. The molecule has 0 radical (unpaired) electrons. The van der Waals surface area contributed by atoms with Crippen LogP contribution in [0, 0.1) is 6.92 Å². The van der Waals surface area contributed by atoms with E-state index in [1.165, 1.54) is 10.8 Å². The van der Waals surface area contributed by atoms with Gasteiger partial charge in [0.25, 0.3) is 5.56 Å². The molecule has 0 aromatic carbocycles. The van der Waals surface area contributed by atoms with Crippen molar-refractivity contribution in [3.63, 3.8) is 0 Å². The molecule has 3 N–H and O–H groups in total. The maximum atomic E-state index is 11.9. The number of rotatable bonds is 2. The standard InChI is InChI=1S/C13H16N2O5.CH4O.CH4/c1-7-5-15(11(18)14-9(7)17)10-8-4-13(6-16,20-10)12(19-8)2-3-12;1-2;/h5,8,10,16H,2-4,6H2,1H3,(H,14,17,18);2H,1H3;1H4/t8?,10-,13+;;/m1../s1. The van der Waals surface area contributed by atoms with Gasteiger partial charge in [0.1, 0.15) is 17.3 Å². The molecule has 3 atom stereocenters. The molecule has 130 valence electrons. The first-order valence-corrected chi connectivity index (χ1v) is 7.24. The lowest BCUT2D eigenvalue weighted by molar-refractivity contribution is -0.233. The second-order valence-electron chi connectivity index (χ2n) is 5.99. The Morgan fingerprint density at radius 1 is 1.35 bits per heavy atom. The summed E-state index contributed by atoms with van der Waals surface area (Å²) >= 11 is 0. The van der Waals surface area contributed by atoms with Gasteiger partial charge in [-0.2, -0.15) is 0 Å². The summed E-state index contributed by atoms with van der Waals surface area (Å²) in [4.78, 5) is 25.6. The van der Waals surface area contributed by atoms with Gasteiger partial charge in [-0.05, 0) is 19.8 Å². The van der Waals surface area contributed by atoms with Crippen LogP contribution in [0.2, 0.25) is 0 Å². The third-order valence-corrected chi connectivity index (χ3v) is 4.78. The van der Waals surface area contributed by atoms with Crippen LogP contribution < -0.4 is 11.2 Å². The summed E-state index contributed by atoms with van der Waals surface area (Å²) in [7, 11) is 1.00. The van der Waals surface area contributed by atoms with Gasteiger partial charge >= 0.3 is 5.69 Å². The van der Waals surface area contributed by atoms with Gasteiger partial charge in [-0.1, -0.05) is 7.43 Å². The summed E-state index contributed by atoms with van der Waals surface area (Å²) in [5, 5.41) is 16.7. The van der Waals surface area contributed by atoms with Gasteiger partial charge in [0, 0.05) is 25.3 Å². The summed E-state index contributed by atoms with van der Waals surface area (Å²) in [5.74, 6) is 0. The lowest BCUT2D eigenvalue weighted by atomic mass is 9.94. The molecule has 1 aliphatic carbocycles. The summed E-state index contributed by atoms with van der Waals surface area (Å²) < 4.78 is 13.4. The first-order valence-electron chi connectivity index (χ1n) is 7.24. The van der Waals surface area contributed by atoms with Crippen LogP contribution in [-0.2, 0) is 9.47 Å². The van der Waals surface area contributed by atoms with Crippen molar-refractivity contribution in [2.24, 2.45) is 0 Å². The maximum Gasteiger partial charge on any atom is 0.330 e. The smallest absolute Gasteiger partial charge is 0.330 e. The molecule has 2 saturated heterocycles. The monoisotopic (exact) mass is 328 g/mol. The summed E-state index contributed by atoms with van der Waals surface area (Å²) in [5.41, 5.74) is -1.53. The van der Waals surface area contributed by atoms with E-state index in [4.69, 9.17) is 14.6 Å². The van der Waals surface area contributed by atoms with Crippen molar-refractivity contribution in [2.45, 2.75) is 57.1 Å². The Bertz CT molecular complexity index is 692. The van der Waals surface area contributed by atoms with Crippen LogP contribution in [0.5, 0.6) is 0 Å². The highest BCUT2D eigenvalue weighted by Gasteiger charge is 2.73. The van der Waals surface area contributed by atoms with Crippen molar-refractivity contribution in [3.8, 4) is 0 Å². The molecule has 3 heterocycles. The number of hydrogen-bond acceptors (Lipinski definition) is 6. The van der Waals surface area contributed by atoms with Crippen molar-refractivity contribution >= 4 is 0 Å². The maximum absolute atomic E-state index is 11.9. The molecule has 3 aliphatic rings. The van der Waals surface area contributed by atoms with E-state index in [2.05, 4.69) is 4.98 Å². The van der Waals surface area contributed by atoms with Crippen LogP contribution in [0.1, 0.15) is 38.5 Å². The second kappa shape index (κ2) is 5.86. The largest absolute Gasteiger partial charge is 0.400 e. The Morgan fingerprint density at radius 2 is 2.00 bits per heavy atom. The highest BCUT2D eigenvalue weighted by Crippen LogP contribution is 2.63. The average Bonchev–Trinajstić information content (AvgIpc) is 3.09. The number of hydrogen-bond donors (Lipinski definition) is 3. The fraction of sp³-hybridized carbons (Fsp3) is 0.733. The topological polar surface area (TPSA) is 114 Å². The molecule has 1 aromatic rings. The SMILES string of the molecule is C.CO.Cc1cn([C@@H]2O[C@]3(CO)CC2OC32CC2)c(=O)[nH]c1=O. The summed E-state index contributed by atoms with van der Waals surface area (Å²) in [6.07, 6.45) is 3.00. The third-order valence-electron chi connectivity index (χ3n) is 4.78. The number of aryl methyl sites for hydroxylation is 1. The van der Waals surface area contributed by atoms with Gasteiger partial charge in [0.15, 0.2) is 6.23 Å². The van der Waals surface area contributed by atoms with E-state index >= 15 is 0 Å². The fourth-order valence-corrected chi connectivity index (χ4v) is 3.52. The first-order chi connectivity index (χ1) is 10.5. The van der Waals surface area contributed by atoms with Gasteiger partial charge in [-0.25, -0.2) is 4.79 Å². The fourth-order valence-electron chi connectivity index (χ4n) is 3.52. The van der Waals surface area contributed by atoms with E-state index in [-0.39, 0.29) is 25.7 Å². The molecule has 0 amide bonds. The van der Waals surface area contributed by atoms with Crippen molar-refractivity contribution < 1.29 is 19.7 Å². The summed E-state index contributed by atoms with van der Waals surface area (Å²) in [6.45, 7) is 1.52. The Kier molecular flexibility index (Phi) is 4.55. The predicted octanol–water partition coefficient (Wildman–Crippen LogP) is -0.329. The second-order valence-corrected chi connectivity index (χ2v) is 5.99. The van der Waals surface area contributed by atoms with Gasteiger partial charge in [0.05, 0.1) is 6.61 Å². The zero-order chi connectivity index (χ0) is 16.1.